The number of halogens is 2. The third-order valence-electron chi connectivity index (χ3n) is 4.98. The number of aromatic nitrogens is 2. The van der Waals surface area contributed by atoms with Gasteiger partial charge in [0.25, 0.3) is 5.91 Å². The summed E-state index contributed by atoms with van der Waals surface area (Å²) in [7, 11) is 0. The highest BCUT2D eigenvalue weighted by Gasteiger charge is 2.16. The van der Waals surface area contributed by atoms with Gasteiger partial charge in [0.1, 0.15) is 35.4 Å². The first-order chi connectivity index (χ1) is 16.5. The Morgan fingerprint density at radius 2 is 1.74 bits per heavy atom. The van der Waals surface area contributed by atoms with Crippen LogP contribution in [0.4, 0.5) is 14.5 Å². The van der Waals surface area contributed by atoms with E-state index in [1.165, 1.54) is 12.1 Å². The number of anilines is 1. The summed E-state index contributed by atoms with van der Waals surface area (Å²) in [6.45, 7) is 3.23. The molecule has 1 heterocycles. The number of para-hydroxylation sites is 2. The second-order valence-corrected chi connectivity index (χ2v) is 7.43. The van der Waals surface area contributed by atoms with Crippen LogP contribution >= 0.6 is 0 Å². The van der Waals surface area contributed by atoms with Gasteiger partial charge in [0.2, 0.25) is 0 Å². The third kappa shape index (κ3) is 5.58. The number of hydrogen-bond donors (Lipinski definition) is 1. The minimum absolute atomic E-state index is 0.0359. The lowest BCUT2D eigenvalue weighted by Crippen LogP contribution is -2.15. The van der Waals surface area contributed by atoms with Crippen molar-refractivity contribution < 1.29 is 23.0 Å². The molecule has 174 valence electrons. The SMILES string of the molecule is CCOc1cccc(COc2ccccc2Cn2ccc(C(=O)Nc3c(F)cccc3F)n2)c1. The summed E-state index contributed by atoms with van der Waals surface area (Å²) in [4.78, 5) is 12.4. The molecule has 6 nitrogen and oxygen atoms in total. The Morgan fingerprint density at radius 1 is 0.971 bits per heavy atom. The second kappa shape index (κ2) is 10.6. The van der Waals surface area contributed by atoms with Gasteiger partial charge in [-0.05, 0) is 48.9 Å². The fraction of sp³-hybridized carbons (Fsp3) is 0.154. The van der Waals surface area contributed by atoms with Crippen LogP contribution in [0.25, 0.3) is 0 Å². The maximum absolute atomic E-state index is 13.8. The summed E-state index contributed by atoms with van der Waals surface area (Å²) in [5.74, 6) is -0.952. The van der Waals surface area contributed by atoms with Gasteiger partial charge in [-0.1, -0.05) is 36.4 Å². The van der Waals surface area contributed by atoms with Gasteiger partial charge in [-0.3, -0.25) is 9.48 Å². The van der Waals surface area contributed by atoms with Crippen LogP contribution in [0.3, 0.4) is 0 Å². The molecular weight excluding hydrogens is 440 g/mol. The van der Waals surface area contributed by atoms with E-state index in [1.54, 1.807) is 10.9 Å². The van der Waals surface area contributed by atoms with E-state index in [0.29, 0.717) is 25.5 Å². The van der Waals surface area contributed by atoms with Gasteiger partial charge in [0.05, 0.1) is 13.2 Å². The molecule has 0 aliphatic heterocycles. The molecule has 0 atom stereocenters. The van der Waals surface area contributed by atoms with Crippen LogP contribution in [0.2, 0.25) is 0 Å². The fourth-order valence-electron chi connectivity index (χ4n) is 3.37. The smallest absolute Gasteiger partial charge is 0.276 e. The molecule has 0 fully saturated rings. The minimum Gasteiger partial charge on any atom is -0.494 e. The molecule has 34 heavy (non-hydrogen) atoms. The van der Waals surface area contributed by atoms with E-state index in [4.69, 9.17) is 9.47 Å². The Hall–Kier alpha value is -4.20. The van der Waals surface area contributed by atoms with Crippen molar-refractivity contribution in [3.05, 3.63) is 107 Å². The zero-order valence-corrected chi connectivity index (χ0v) is 18.5. The van der Waals surface area contributed by atoms with Crippen molar-refractivity contribution in [1.82, 2.24) is 9.78 Å². The Labute approximate surface area is 195 Å². The molecule has 0 unspecified atom stereocenters. The van der Waals surface area contributed by atoms with Crippen molar-refractivity contribution in [3.8, 4) is 11.5 Å². The van der Waals surface area contributed by atoms with Gasteiger partial charge < -0.3 is 14.8 Å². The Balaban J connectivity index is 1.43. The lowest BCUT2D eigenvalue weighted by Gasteiger charge is -2.12. The van der Waals surface area contributed by atoms with Gasteiger partial charge in [0.15, 0.2) is 5.69 Å². The summed E-state index contributed by atoms with van der Waals surface area (Å²) < 4.78 is 40.8. The number of rotatable bonds is 9. The van der Waals surface area contributed by atoms with E-state index in [0.717, 1.165) is 29.0 Å². The molecular formula is C26H23F2N3O3. The Bertz CT molecular complexity index is 1270. The second-order valence-electron chi connectivity index (χ2n) is 7.43. The highest BCUT2D eigenvalue weighted by molar-refractivity contribution is 6.02. The minimum atomic E-state index is -0.856. The van der Waals surface area contributed by atoms with E-state index in [1.807, 2.05) is 55.5 Å². The van der Waals surface area contributed by atoms with Gasteiger partial charge in [0, 0.05) is 11.8 Å². The van der Waals surface area contributed by atoms with Gasteiger partial charge in [-0.2, -0.15) is 5.10 Å². The zero-order chi connectivity index (χ0) is 23.9. The molecule has 0 radical (unpaired) electrons. The predicted octanol–water partition coefficient (Wildman–Crippen LogP) is 5.44. The summed E-state index contributed by atoms with van der Waals surface area (Å²) in [6.07, 6.45) is 1.62. The number of carbonyl (C=O) groups excluding carboxylic acids is 1. The van der Waals surface area contributed by atoms with Crippen molar-refractivity contribution in [1.29, 1.82) is 0 Å². The van der Waals surface area contributed by atoms with Crippen LogP contribution in [-0.2, 0) is 13.2 Å². The third-order valence-corrected chi connectivity index (χ3v) is 4.98. The van der Waals surface area contributed by atoms with E-state index < -0.39 is 23.2 Å². The largest absolute Gasteiger partial charge is 0.494 e. The van der Waals surface area contributed by atoms with Gasteiger partial charge in [-0.25, -0.2) is 8.78 Å². The van der Waals surface area contributed by atoms with E-state index in [-0.39, 0.29) is 5.69 Å². The average Bonchev–Trinajstić information content (AvgIpc) is 3.30. The maximum atomic E-state index is 13.8. The monoisotopic (exact) mass is 463 g/mol. The highest BCUT2D eigenvalue weighted by Crippen LogP contribution is 2.22. The summed E-state index contributed by atoms with van der Waals surface area (Å²) in [6, 6.07) is 20.1. The summed E-state index contributed by atoms with van der Waals surface area (Å²) in [5, 5.41) is 6.48. The number of hydrogen-bond acceptors (Lipinski definition) is 4. The molecule has 0 aliphatic carbocycles. The van der Waals surface area contributed by atoms with Crippen molar-refractivity contribution >= 4 is 11.6 Å². The van der Waals surface area contributed by atoms with Crippen LogP contribution < -0.4 is 14.8 Å². The molecule has 4 rings (SSSR count). The molecule has 0 saturated heterocycles. The normalized spacial score (nSPS) is 10.7. The number of nitrogens with one attached hydrogen (secondary N) is 1. The van der Waals surface area contributed by atoms with E-state index >= 15 is 0 Å². The van der Waals surface area contributed by atoms with Crippen molar-refractivity contribution in [2.75, 3.05) is 11.9 Å². The maximum Gasteiger partial charge on any atom is 0.276 e. The highest BCUT2D eigenvalue weighted by atomic mass is 19.1. The van der Waals surface area contributed by atoms with Crippen LogP contribution in [0, 0.1) is 11.6 Å². The van der Waals surface area contributed by atoms with Gasteiger partial charge in [-0.15, -0.1) is 0 Å². The van der Waals surface area contributed by atoms with E-state index in [9.17, 15) is 13.6 Å². The molecule has 1 aromatic heterocycles. The standard InChI is InChI=1S/C26H23F2N3O3/c1-2-33-20-9-5-7-18(15-20)17-34-24-12-4-3-8-19(24)16-31-14-13-23(30-31)26(32)29-25-21(27)10-6-11-22(25)28/h3-15H,2,16-17H2,1H3,(H,29,32). The van der Waals surface area contributed by atoms with Crippen LogP contribution in [0.1, 0.15) is 28.5 Å². The van der Waals surface area contributed by atoms with Gasteiger partial charge >= 0.3 is 0 Å². The first-order valence-corrected chi connectivity index (χ1v) is 10.7. The molecule has 1 amide bonds. The van der Waals surface area contributed by atoms with Crippen molar-refractivity contribution in [2.24, 2.45) is 0 Å². The Morgan fingerprint density at radius 3 is 2.53 bits per heavy atom. The topological polar surface area (TPSA) is 65.4 Å². The molecule has 1 N–H and O–H groups in total. The molecule has 3 aromatic carbocycles. The lowest BCUT2D eigenvalue weighted by atomic mass is 10.2. The first kappa shape index (κ1) is 23.0. The summed E-state index contributed by atoms with van der Waals surface area (Å²) in [5.41, 5.74) is 1.36. The molecule has 0 spiro atoms. The predicted molar refractivity (Wildman–Crippen MR) is 124 cm³/mol. The lowest BCUT2D eigenvalue weighted by molar-refractivity contribution is 0.102. The number of carbonyl (C=O) groups is 1. The zero-order valence-electron chi connectivity index (χ0n) is 18.5. The Kier molecular flexibility index (Phi) is 7.17. The fourth-order valence-corrected chi connectivity index (χ4v) is 3.37. The molecule has 8 heteroatoms. The number of ether oxygens (including phenoxy) is 2. The van der Waals surface area contributed by atoms with E-state index in [2.05, 4.69) is 10.4 Å². The molecule has 4 aromatic rings. The first-order valence-electron chi connectivity index (χ1n) is 10.7. The number of nitrogens with zero attached hydrogens (tertiary/aromatic N) is 2. The molecule has 0 saturated carbocycles. The van der Waals surface area contributed by atoms with Crippen molar-refractivity contribution in [3.63, 3.8) is 0 Å². The number of amides is 1. The number of benzene rings is 3. The van der Waals surface area contributed by atoms with Crippen LogP contribution in [0.5, 0.6) is 11.5 Å². The average molecular weight is 463 g/mol. The summed E-state index contributed by atoms with van der Waals surface area (Å²) >= 11 is 0. The quantitative estimate of drug-likeness (QED) is 0.359. The molecule has 0 bridgehead atoms. The molecule has 0 aliphatic rings. The van der Waals surface area contributed by atoms with Crippen LogP contribution in [0.15, 0.2) is 79.0 Å². The van der Waals surface area contributed by atoms with Crippen LogP contribution in [-0.4, -0.2) is 22.3 Å². The van der Waals surface area contributed by atoms with Crippen molar-refractivity contribution in [2.45, 2.75) is 20.1 Å².